The molecule has 1 atom stereocenters. The fourth-order valence-corrected chi connectivity index (χ4v) is 2.91. The second-order valence-electron chi connectivity index (χ2n) is 6.09. The average molecular weight is 327 g/mol. The molecule has 126 valence electrons. The molecule has 1 aromatic carbocycles. The molecule has 0 bridgehead atoms. The summed E-state index contributed by atoms with van der Waals surface area (Å²) in [7, 11) is 0. The number of rotatable bonds is 2. The first-order valence-corrected chi connectivity index (χ1v) is 8.30. The monoisotopic (exact) mass is 327 g/mol. The first-order valence-electron chi connectivity index (χ1n) is 8.30. The van der Waals surface area contributed by atoms with Crippen LogP contribution in [-0.2, 0) is 4.74 Å². The van der Waals surface area contributed by atoms with Crippen molar-refractivity contribution in [1.29, 1.82) is 0 Å². The zero-order chi connectivity index (χ0) is 16.9. The van der Waals surface area contributed by atoms with Gasteiger partial charge in [0, 0.05) is 23.2 Å². The molecule has 1 unspecified atom stereocenters. The highest BCUT2D eigenvalue weighted by Gasteiger charge is 2.13. The number of fused-ring (bicyclic) bond motifs is 1. The number of benzene rings is 1. The molecule has 3 rings (SSSR count). The van der Waals surface area contributed by atoms with Crippen molar-refractivity contribution in [2.24, 2.45) is 0 Å². The Morgan fingerprint density at radius 1 is 1.25 bits per heavy atom. The van der Waals surface area contributed by atoms with E-state index in [9.17, 15) is 9.59 Å². The number of carbonyl (C=O) groups excluding carboxylic acids is 1. The third kappa shape index (κ3) is 4.04. The lowest BCUT2D eigenvalue weighted by Crippen LogP contribution is -2.21. The predicted molar refractivity (Wildman–Crippen MR) is 93.3 cm³/mol. The van der Waals surface area contributed by atoms with E-state index in [4.69, 9.17) is 9.15 Å². The van der Waals surface area contributed by atoms with Crippen LogP contribution in [0.5, 0.6) is 0 Å². The number of hydrogen-bond donors (Lipinski definition) is 1. The van der Waals surface area contributed by atoms with Crippen LogP contribution in [0.1, 0.15) is 37.7 Å². The third-order valence-corrected chi connectivity index (χ3v) is 4.17. The van der Waals surface area contributed by atoms with Gasteiger partial charge in [0.2, 0.25) is 0 Å². The van der Waals surface area contributed by atoms with Crippen LogP contribution in [0.2, 0.25) is 0 Å². The molecule has 1 aliphatic carbocycles. The Morgan fingerprint density at radius 3 is 3.00 bits per heavy atom. The first kappa shape index (κ1) is 16.3. The molecule has 1 heterocycles. The van der Waals surface area contributed by atoms with Gasteiger partial charge in [0.05, 0.1) is 0 Å². The molecule has 5 heteroatoms. The number of carbonyl (C=O) groups is 1. The molecule has 1 aromatic heterocycles. The van der Waals surface area contributed by atoms with Crippen molar-refractivity contribution >= 4 is 22.7 Å². The van der Waals surface area contributed by atoms with Crippen molar-refractivity contribution in [2.45, 2.75) is 45.1 Å². The quantitative estimate of drug-likeness (QED) is 0.649. The Balaban J connectivity index is 1.70. The number of allylic oxidation sites excluding steroid dienone is 1. The van der Waals surface area contributed by atoms with E-state index >= 15 is 0 Å². The SMILES string of the molecule is Cc1cc(=O)oc2cc(NC(=O)OC3/C=C\CCCCC3)ccc12. The maximum atomic E-state index is 12.1. The highest BCUT2D eigenvalue weighted by atomic mass is 16.6. The highest BCUT2D eigenvalue weighted by Crippen LogP contribution is 2.21. The van der Waals surface area contributed by atoms with E-state index in [0.29, 0.717) is 11.3 Å². The van der Waals surface area contributed by atoms with Gasteiger partial charge < -0.3 is 9.15 Å². The van der Waals surface area contributed by atoms with Gasteiger partial charge in [-0.3, -0.25) is 5.32 Å². The van der Waals surface area contributed by atoms with Crippen LogP contribution in [0, 0.1) is 6.92 Å². The minimum atomic E-state index is -0.500. The Kier molecular flexibility index (Phi) is 4.99. The second kappa shape index (κ2) is 7.34. The maximum absolute atomic E-state index is 12.1. The van der Waals surface area contributed by atoms with Gasteiger partial charge in [0.1, 0.15) is 11.7 Å². The number of ether oxygens (including phenoxy) is 1. The van der Waals surface area contributed by atoms with Crippen molar-refractivity contribution < 1.29 is 13.9 Å². The summed E-state index contributed by atoms with van der Waals surface area (Å²) in [5, 5.41) is 3.54. The molecule has 0 aliphatic heterocycles. The number of nitrogens with one attached hydrogen (secondary N) is 1. The van der Waals surface area contributed by atoms with Crippen LogP contribution in [0.3, 0.4) is 0 Å². The van der Waals surface area contributed by atoms with Gasteiger partial charge in [-0.15, -0.1) is 0 Å². The van der Waals surface area contributed by atoms with E-state index in [1.165, 1.54) is 12.5 Å². The number of hydrogen-bond acceptors (Lipinski definition) is 4. The van der Waals surface area contributed by atoms with Crippen LogP contribution >= 0.6 is 0 Å². The Labute approximate surface area is 140 Å². The van der Waals surface area contributed by atoms with Gasteiger partial charge >= 0.3 is 11.7 Å². The summed E-state index contributed by atoms with van der Waals surface area (Å²) in [4.78, 5) is 23.6. The van der Waals surface area contributed by atoms with Crippen LogP contribution in [0.4, 0.5) is 10.5 Å². The van der Waals surface area contributed by atoms with Crippen molar-refractivity contribution in [1.82, 2.24) is 0 Å². The standard InChI is InChI=1S/C19H21NO4/c1-13-11-18(21)24-17-12-14(9-10-16(13)17)20-19(22)23-15-7-5-3-2-4-6-8-15/h5,7,9-12,15H,2-4,6,8H2,1H3,(H,20,22)/b7-5-. The number of aryl methyl sites for hydroxylation is 1. The summed E-state index contributed by atoms with van der Waals surface area (Å²) < 4.78 is 10.6. The van der Waals surface area contributed by atoms with Crippen LogP contribution < -0.4 is 10.9 Å². The van der Waals surface area contributed by atoms with Gasteiger partial charge in [-0.05, 0) is 56.4 Å². The van der Waals surface area contributed by atoms with Crippen molar-refractivity contribution in [3.05, 3.63) is 52.4 Å². The minimum absolute atomic E-state index is 0.189. The summed E-state index contributed by atoms with van der Waals surface area (Å²) >= 11 is 0. The van der Waals surface area contributed by atoms with Crippen LogP contribution in [-0.4, -0.2) is 12.2 Å². The van der Waals surface area contributed by atoms with E-state index in [1.807, 2.05) is 19.1 Å². The minimum Gasteiger partial charge on any atom is -0.442 e. The first-order chi connectivity index (χ1) is 11.6. The zero-order valence-electron chi connectivity index (χ0n) is 13.7. The number of amides is 1. The van der Waals surface area contributed by atoms with Gasteiger partial charge in [0.15, 0.2) is 0 Å². The lowest BCUT2D eigenvalue weighted by atomic mass is 10.0. The van der Waals surface area contributed by atoms with Crippen LogP contribution in [0.25, 0.3) is 11.0 Å². The smallest absolute Gasteiger partial charge is 0.412 e. The van der Waals surface area contributed by atoms with Gasteiger partial charge in [0.25, 0.3) is 0 Å². The molecule has 5 nitrogen and oxygen atoms in total. The van der Waals surface area contributed by atoms with Crippen molar-refractivity contribution in [2.75, 3.05) is 5.32 Å². The fraction of sp³-hybridized carbons (Fsp3) is 0.368. The normalized spacial score (nSPS) is 19.3. The summed E-state index contributed by atoms with van der Waals surface area (Å²) in [5.41, 5.74) is 1.43. The van der Waals surface area contributed by atoms with Crippen molar-refractivity contribution in [3.8, 4) is 0 Å². The van der Waals surface area contributed by atoms with Crippen LogP contribution in [0.15, 0.2) is 45.6 Å². The summed E-state index contributed by atoms with van der Waals surface area (Å²) in [6, 6.07) is 6.67. The molecular weight excluding hydrogens is 306 g/mol. The fourth-order valence-electron chi connectivity index (χ4n) is 2.91. The molecule has 24 heavy (non-hydrogen) atoms. The number of anilines is 1. The molecule has 0 fully saturated rings. The van der Waals surface area contributed by atoms with E-state index in [-0.39, 0.29) is 6.10 Å². The molecule has 1 amide bonds. The van der Waals surface area contributed by atoms with E-state index in [1.54, 1.807) is 12.1 Å². The highest BCUT2D eigenvalue weighted by molar-refractivity contribution is 5.90. The van der Waals surface area contributed by atoms with Crippen molar-refractivity contribution in [3.63, 3.8) is 0 Å². The molecular formula is C19H21NO4. The maximum Gasteiger partial charge on any atom is 0.412 e. The molecule has 1 N–H and O–H groups in total. The van der Waals surface area contributed by atoms with Gasteiger partial charge in [-0.25, -0.2) is 9.59 Å². The average Bonchev–Trinajstić information content (AvgIpc) is 2.49. The largest absolute Gasteiger partial charge is 0.442 e. The predicted octanol–water partition coefficient (Wildman–Crippen LogP) is 4.54. The zero-order valence-corrected chi connectivity index (χ0v) is 13.7. The molecule has 0 saturated carbocycles. The van der Waals surface area contributed by atoms with E-state index in [2.05, 4.69) is 11.4 Å². The molecule has 2 aromatic rings. The Morgan fingerprint density at radius 2 is 2.12 bits per heavy atom. The third-order valence-electron chi connectivity index (χ3n) is 4.17. The molecule has 1 aliphatic rings. The lowest BCUT2D eigenvalue weighted by molar-refractivity contribution is 0.127. The van der Waals surface area contributed by atoms with Gasteiger partial charge in [-0.1, -0.05) is 12.5 Å². The second-order valence-corrected chi connectivity index (χ2v) is 6.09. The summed E-state index contributed by atoms with van der Waals surface area (Å²) in [5.74, 6) is 0. The molecule has 0 radical (unpaired) electrons. The Hall–Kier alpha value is -2.56. The molecule has 0 spiro atoms. The topological polar surface area (TPSA) is 68.5 Å². The Bertz CT molecular complexity index is 822. The van der Waals surface area contributed by atoms with Gasteiger partial charge in [-0.2, -0.15) is 0 Å². The lowest BCUT2D eigenvalue weighted by Gasteiger charge is -2.16. The van der Waals surface area contributed by atoms with E-state index < -0.39 is 11.7 Å². The summed E-state index contributed by atoms with van der Waals surface area (Å²) in [6.07, 6.45) is 8.63. The van der Waals surface area contributed by atoms with E-state index in [0.717, 1.165) is 36.6 Å². The molecule has 0 saturated heterocycles. The summed E-state index contributed by atoms with van der Waals surface area (Å²) in [6.45, 7) is 1.85.